The molecule has 0 spiro atoms. The molecule has 0 unspecified atom stereocenters. The van der Waals surface area contributed by atoms with Crippen LogP contribution in [0.3, 0.4) is 0 Å². The standard InChI is InChI=1S/C10H11BrO5/c1-14-8-5(4-12)7(13)10(16-3)9(15-2)6(8)11/h4,13H,1-3H3. The molecule has 1 N–H and O–H groups in total. The minimum Gasteiger partial charge on any atom is -0.504 e. The number of hydrogen-bond donors (Lipinski definition) is 1. The van der Waals surface area contributed by atoms with E-state index < -0.39 is 0 Å². The second-order valence-corrected chi connectivity index (χ2v) is 3.59. The summed E-state index contributed by atoms with van der Waals surface area (Å²) in [6, 6.07) is 0. The summed E-state index contributed by atoms with van der Waals surface area (Å²) in [5, 5.41) is 9.80. The van der Waals surface area contributed by atoms with Crippen molar-refractivity contribution in [2.24, 2.45) is 0 Å². The fraction of sp³-hybridized carbons (Fsp3) is 0.300. The van der Waals surface area contributed by atoms with Gasteiger partial charge in [-0.1, -0.05) is 0 Å². The molecule has 6 heteroatoms. The lowest BCUT2D eigenvalue weighted by Crippen LogP contribution is -1.99. The van der Waals surface area contributed by atoms with Crippen molar-refractivity contribution in [1.29, 1.82) is 0 Å². The van der Waals surface area contributed by atoms with Gasteiger partial charge in [-0.2, -0.15) is 0 Å². The molecular formula is C10H11BrO5. The molecule has 0 fully saturated rings. The number of aldehydes is 1. The Labute approximate surface area is 101 Å². The van der Waals surface area contributed by atoms with E-state index >= 15 is 0 Å². The number of phenolic OH excluding ortho intramolecular Hbond substituents is 1. The Hall–Kier alpha value is -1.43. The largest absolute Gasteiger partial charge is 0.504 e. The summed E-state index contributed by atoms with van der Waals surface area (Å²) >= 11 is 3.22. The zero-order valence-corrected chi connectivity index (χ0v) is 10.6. The Balaban J connectivity index is 3.67. The molecule has 88 valence electrons. The molecule has 1 aromatic rings. The topological polar surface area (TPSA) is 65.0 Å². The van der Waals surface area contributed by atoms with Crippen LogP contribution in [0.2, 0.25) is 0 Å². The van der Waals surface area contributed by atoms with Crippen molar-refractivity contribution in [1.82, 2.24) is 0 Å². The van der Waals surface area contributed by atoms with Gasteiger partial charge in [-0.05, 0) is 15.9 Å². The third-order valence-electron chi connectivity index (χ3n) is 2.05. The average Bonchev–Trinajstić information content (AvgIpc) is 2.30. The van der Waals surface area contributed by atoms with E-state index in [-0.39, 0.29) is 28.6 Å². The quantitative estimate of drug-likeness (QED) is 0.859. The van der Waals surface area contributed by atoms with Crippen LogP contribution >= 0.6 is 15.9 Å². The van der Waals surface area contributed by atoms with Crippen LogP contribution in [0.25, 0.3) is 0 Å². The number of phenols is 1. The summed E-state index contributed by atoms with van der Waals surface area (Å²) in [5.41, 5.74) is 0.00650. The Kier molecular flexibility index (Phi) is 4.00. The maximum Gasteiger partial charge on any atom is 0.205 e. The van der Waals surface area contributed by atoms with Crippen molar-refractivity contribution < 1.29 is 24.1 Å². The van der Waals surface area contributed by atoms with Crippen molar-refractivity contribution >= 4 is 22.2 Å². The van der Waals surface area contributed by atoms with Gasteiger partial charge in [0.25, 0.3) is 0 Å². The molecule has 16 heavy (non-hydrogen) atoms. The number of rotatable bonds is 4. The van der Waals surface area contributed by atoms with Gasteiger partial charge in [0.1, 0.15) is 10.0 Å². The summed E-state index contributed by atoms with van der Waals surface area (Å²) in [5.74, 6) is 0.235. The van der Waals surface area contributed by atoms with Gasteiger partial charge in [0.2, 0.25) is 5.75 Å². The van der Waals surface area contributed by atoms with Gasteiger partial charge in [0.05, 0.1) is 21.3 Å². The lowest BCUT2D eigenvalue weighted by molar-refractivity contribution is 0.111. The first-order valence-corrected chi connectivity index (χ1v) is 5.07. The van der Waals surface area contributed by atoms with Crippen LogP contribution in [-0.2, 0) is 0 Å². The van der Waals surface area contributed by atoms with Crippen LogP contribution in [0.1, 0.15) is 10.4 Å². The van der Waals surface area contributed by atoms with Crippen LogP contribution in [0.15, 0.2) is 4.47 Å². The normalized spacial score (nSPS) is 9.75. The molecule has 0 saturated carbocycles. The van der Waals surface area contributed by atoms with E-state index in [0.717, 1.165) is 0 Å². The number of ether oxygens (including phenoxy) is 3. The zero-order valence-electron chi connectivity index (χ0n) is 9.04. The first-order valence-electron chi connectivity index (χ1n) is 4.27. The fourth-order valence-corrected chi connectivity index (χ4v) is 2.06. The first kappa shape index (κ1) is 12.6. The molecule has 0 aliphatic heterocycles. The van der Waals surface area contributed by atoms with Crippen LogP contribution in [0.5, 0.6) is 23.0 Å². The fourth-order valence-electron chi connectivity index (χ4n) is 1.34. The third-order valence-corrected chi connectivity index (χ3v) is 2.77. The van der Waals surface area contributed by atoms with Crippen LogP contribution in [0, 0.1) is 0 Å². The first-order chi connectivity index (χ1) is 7.62. The predicted molar refractivity (Wildman–Crippen MR) is 60.9 cm³/mol. The second kappa shape index (κ2) is 5.07. The highest BCUT2D eigenvalue weighted by Crippen LogP contribution is 2.50. The van der Waals surface area contributed by atoms with Gasteiger partial charge in [-0.15, -0.1) is 0 Å². The summed E-state index contributed by atoms with van der Waals surface area (Å²) in [4.78, 5) is 10.9. The molecule has 0 bridgehead atoms. The van der Waals surface area contributed by atoms with Crippen LogP contribution < -0.4 is 14.2 Å². The van der Waals surface area contributed by atoms with E-state index in [1.54, 1.807) is 0 Å². The lowest BCUT2D eigenvalue weighted by Gasteiger charge is -2.16. The average molecular weight is 291 g/mol. The number of carbonyl (C=O) groups excluding carboxylic acids is 1. The van der Waals surface area contributed by atoms with Gasteiger partial charge in [-0.25, -0.2) is 0 Å². The van der Waals surface area contributed by atoms with Crippen LogP contribution in [0.4, 0.5) is 0 Å². The Morgan fingerprint density at radius 3 is 1.94 bits per heavy atom. The highest BCUT2D eigenvalue weighted by atomic mass is 79.9. The number of aromatic hydroxyl groups is 1. The Morgan fingerprint density at radius 2 is 1.56 bits per heavy atom. The number of methoxy groups -OCH3 is 3. The highest BCUT2D eigenvalue weighted by Gasteiger charge is 2.24. The van der Waals surface area contributed by atoms with Crippen molar-refractivity contribution in [3.63, 3.8) is 0 Å². The number of halogens is 1. The maximum atomic E-state index is 10.9. The monoisotopic (exact) mass is 290 g/mol. The van der Waals surface area contributed by atoms with Gasteiger partial charge in [0, 0.05) is 0 Å². The minimum atomic E-state index is -0.311. The molecular weight excluding hydrogens is 280 g/mol. The van der Waals surface area contributed by atoms with E-state index in [4.69, 9.17) is 14.2 Å². The molecule has 0 amide bonds. The molecule has 0 saturated heterocycles. The van der Waals surface area contributed by atoms with Crippen molar-refractivity contribution in [3.05, 3.63) is 10.0 Å². The van der Waals surface area contributed by atoms with E-state index in [9.17, 15) is 9.90 Å². The van der Waals surface area contributed by atoms with E-state index in [2.05, 4.69) is 15.9 Å². The SMILES string of the molecule is COc1c(Br)c(OC)c(OC)c(O)c1C=O. The number of carbonyl (C=O) groups is 1. The molecule has 0 aliphatic rings. The van der Waals surface area contributed by atoms with E-state index in [0.29, 0.717) is 10.8 Å². The zero-order chi connectivity index (χ0) is 12.3. The molecule has 0 atom stereocenters. The molecule has 0 aromatic heterocycles. The Morgan fingerprint density at radius 1 is 1.06 bits per heavy atom. The van der Waals surface area contributed by atoms with Gasteiger partial charge in [0.15, 0.2) is 23.5 Å². The van der Waals surface area contributed by atoms with Crippen molar-refractivity contribution in [2.75, 3.05) is 21.3 Å². The maximum absolute atomic E-state index is 10.9. The van der Waals surface area contributed by atoms with Gasteiger partial charge < -0.3 is 19.3 Å². The minimum absolute atomic E-state index is 0.00650. The summed E-state index contributed by atoms with van der Waals surface area (Å²) in [6.45, 7) is 0. The summed E-state index contributed by atoms with van der Waals surface area (Å²) < 4.78 is 15.5. The molecule has 0 heterocycles. The van der Waals surface area contributed by atoms with Crippen LogP contribution in [-0.4, -0.2) is 32.7 Å². The summed E-state index contributed by atoms with van der Waals surface area (Å²) in [7, 11) is 4.17. The predicted octanol–water partition coefficient (Wildman–Crippen LogP) is 1.99. The second-order valence-electron chi connectivity index (χ2n) is 2.79. The molecule has 5 nitrogen and oxygen atoms in total. The molecule has 0 aliphatic carbocycles. The smallest absolute Gasteiger partial charge is 0.205 e. The number of benzene rings is 1. The highest BCUT2D eigenvalue weighted by molar-refractivity contribution is 9.10. The molecule has 1 rings (SSSR count). The Bertz CT molecular complexity index is 416. The van der Waals surface area contributed by atoms with E-state index in [1.165, 1.54) is 21.3 Å². The third kappa shape index (κ3) is 1.80. The van der Waals surface area contributed by atoms with E-state index in [1.807, 2.05) is 0 Å². The summed E-state index contributed by atoms with van der Waals surface area (Å²) in [6.07, 6.45) is 0.487. The molecule has 1 aromatic carbocycles. The molecule has 0 radical (unpaired) electrons. The lowest BCUT2D eigenvalue weighted by atomic mass is 10.1. The van der Waals surface area contributed by atoms with Crippen molar-refractivity contribution in [2.45, 2.75) is 0 Å². The number of hydrogen-bond acceptors (Lipinski definition) is 5. The van der Waals surface area contributed by atoms with Gasteiger partial charge in [-0.3, -0.25) is 4.79 Å². The van der Waals surface area contributed by atoms with Crippen molar-refractivity contribution in [3.8, 4) is 23.0 Å². The van der Waals surface area contributed by atoms with Gasteiger partial charge >= 0.3 is 0 Å².